The van der Waals surface area contributed by atoms with E-state index in [1.165, 1.54) is 33.3 Å². The zero-order chi connectivity index (χ0) is 50.7. The highest BCUT2D eigenvalue weighted by atomic mass is 32.2. The Hall–Kier alpha value is -4.20. The predicted molar refractivity (Wildman–Crippen MR) is 280 cm³/mol. The SMILES string of the molecule is CC.CCc1ccc(N(CC(C)C)S(=O)(=O)c2ccc(N3CC4(COC4)C3)c(S(C)(=N)=O)c2)cc1.CCc1ccc(N(CC(C)C)S(=O)(=O)c2ccc(N3CCC4(COC4)C3)c(S(C)(=N)=O)c2)cc1. The maximum Gasteiger partial charge on any atom is 0.264 e. The number of sulfonamides is 2. The molecule has 8 rings (SSSR count). The minimum atomic E-state index is -3.92. The van der Waals surface area contributed by atoms with E-state index in [0.717, 1.165) is 56.6 Å². The highest BCUT2D eigenvalue weighted by molar-refractivity contribution is 7.93. The number of aryl methyl sites for hydroxylation is 2. The Labute approximate surface area is 413 Å². The zero-order valence-electron chi connectivity index (χ0n) is 42.1. The Balaban J connectivity index is 0.000000219. The van der Waals surface area contributed by atoms with Gasteiger partial charge in [0.2, 0.25) is 0 Å². The lowest BCUT2D eigenvalue weighted by Gasteiger charge is -2.56. The van der Waals surface area contributed by atoms with Crippen molar-refractivity contribution in [3.8, 4) is 0 Å². The summed E-state index contributed by atoms with van der Waals surface area (Å²) in [6, 6.07) is 24.6. The molecule has 4 aliphatic rings. The third-order valence-corrected chi connectivity index (χ3v) is 18.9. The molecule has 4 heterocycles. The summed E-state index contributed by atoms with van der Waals surface area (Å²) in [6.45, 7) is 22.6. The van der Waals surface area contributed by atoms with E-state index in [1.54, 1.807) is 24.3 Å². The van der Waals surface area contributed by atoms with Crippen LogP contribution in [0, 0.1) is 32.2 Å². The first-order chi connectivity index (χ1) is 32.4. The molecule has 69 heavy (non-hydrogen) atoms. The molecular weight excluding hydrogens is 953 g/mol. The van der Waals surface area contributed by atoms with Crippen molar-refractivity contribution in [1.29, 1.82) is 9.56 Å². The van der Waals surface area contributed by atoms with Crippen molar-refractivity contribution < 1.29 is 34.7 Å². The molecule has 4 aromatic rings. The molecule has 0 aromatic heterocycles. The second-order valence-electron chi connectivity index (χ2n) is 19.9. The summed E-state index contributed by atoms with van der Waals surface area (Å²) < 4.78 is 111. The molecule has 0 bridgehead atoms. The van der Waals surface area contributed by atoms with Gasteiger partial charge in [0, 0.05) is 57.2 Å². The van der Waals surface area contributed by atoms with E-state index in [1.807, 2.05) is 90.1 Å². The number of hydrogen-bond donors (Lipinski definition) is 2. The van der Waals surface area contributed by atoms with Crippen LogP contribution in [0.2, 0.25) is 0 Å². The molecule has 0 amide bonds. The van der Waals surface area contributed by atoms with Gasteiger partial charge in [0.1, 0.15) is 0 Å². The lowest BCUT2D eigenvalue weighted by Crippen LogP contribution is -2.66. The second-order valence-corrected chi connectivity index (χ2v) is 27.8. The minimum absolute atomic E-state index is 0.0607. The summed E-state index contributed by atoms with van der Waals surface area (Å²) in [6.07, 6.45) is 5.43. The van der Waals surface area contributed by atoms with Crippen LogP contribution in [0.15, 0.2) is 105 Å². The van der Waals surface area contributed by atoms with Gasteiger partial charge in [-0.15, -0.1) is 0 Å². The van der Waals surface area contributed by atoms with Crippen LogP contribution in [-0.4, -0.2) is 103 Å². The first kappa shape index (κ1) is 54.1. The molecule has 2 spiro atoms. The highest BCUT2D eigenvalue weighted by Crippen LogP contribution is 2.44. The smallest absolute Gasteiger partial charge is 0.264 e. The van der Waals surface area contributed by atoms with Gasteiger partial charge in [-0.3, -0.25) is 8.61 Å². The van der Waals surface area contributed by atoms with Gasteiger partial charge in [-0.2, -0.15) is 0 Å². The van der Waals surface area contributed by atoms with Crippen molar-refractivity contribution >= 4 is 62.3 Å². The predicted octanol–water partition coefficient (Wildman–Crippen LogP) is 9.36. The monoisotopic (exact) mass is 1030 g/mol. The normalized spacial score (nSPS) is 18.7. The van der Waals surface area contributed by atoms with Crippen LogP contribution < -0.4 is 18.4 Å². The largest absolute Gasteiger partial charge is 0.380 e. The first-order valence-corrected chi connectivity index (χ1v) is 30.9. The molecular formula is C51H74N6O8S4. The van der Waals surface area contributed by atoms with E-state index in [0.29, 0.717) is 62.3 Å². The first-order valence-electron chi connectivity index (χ1n) is 24.0. The Morgan fingerprint density at radius 2 is 0.928 bits per heavy atom. The van der Waals surface area contributed by atoms with Crippen LogP contribution in [0.4, 0.5) is 22.7 Å². The fraction of sp³-hybridized carbons (Fsp3) is 0.529. The number of nitrogens with one attached hydrogen (secondary N) is 2. The van der Waals surface area contributed by atoms with E-state index in [2.05, 4.69) is 23.6 Å². The maximum atomic E-state index is 13.8. The van der Waals surface area contributed by atoms with Crippen molar-refractivity contribution in [1.82, 2.24) is 0 Å². The maximum absolute atomic E-state index is 13.8. The topological polar surface area (TPSA) is 182 Å². The van der Waals surface area contributed by atoms with E-state index in [-0.39, 0.29) is 42.2 Å². The molecule has 2 N–H and O–H groups in total. The molecule has 380 valence electrons. The molecule has 0 radical (unpaired) electrons. The van der Waals surface area contributed by atoms with Gasteiger partial charge in [-0.05, 0) is 103 Å². The van der Waals surface area contributed by atoms with E-state index in [9.17, 15) is 25.3 Å². The summed E-state index contributed by atoms with van der Waals surface area (Å²) in [5.41, 5.74) is 5.11. The Kier molecular flexibility index (Phi) is 16.7. The zero-order valence-corrected chi connectivity index (χ0v) is 45.4. The van der Waals surface area contributed by atoms with Gasteiger partial charge in [-0.1, -0.05) is 79.7 Å². The van der Waals surface area contributed by atoms with Crippen LogP contribution in [-0.2, 0) is 61.8 Å². The molecule has 4 aliphatic heterocycles. The minimum Gasteiger partial charge on any atom is -0.380 e. The molecule has 4 saturated heterocycles. The molecule has 0 saturated carbocycles. The highest BCUT2D eigenvalue weighted by Gasteiger charge is 2.50. The average Bonchev–Trinajstić information content (AvgIpc) is 3.74. The number of hydrogen-bond acceptors (Lipinski definition) is 12. The van der Waals surface area contributed by atoms with Crippen molar-refractivity contribution in [3.63, 3.8) is 0 Å². The fourth-order valence-electron chi connectivity index (χ4n) is 9.13. The number of benzene rings is 4. The van der Waals surface area contributed by atoms with Crippen LogP contribution in [0.1, 0.15) is 72.9 Å². The van der Waals surface area contributed by atoms with Gasteiger partial charge in [0.15, 0.2) is 0 Å². The molecule has 18 heteroatoms. The molecule has 0 aliphatic carbocycles. The molecule has 4 aromatic carbocycles. The average molecular weight is 1030 g/mol. The molecule has 14 nitrogen and oxygen atoms in total. The summed E-state index contributed by atoms with van der Waals surface area (Å²) >= 11 is 0. The Bertz CT molecular complexity index is 2880. The number of ether oxygens (including phenoxy) is 2. The van der Waals surface area contributed by atoms with Gasteiger partial charge >= 0.3 is 0 Å². The number of anilines is 4. The number of nitrogens with zero attached hydrogens (tertiary/aromatic N) is 4. The lowest BCUT2D eigenvalue weighted by atomic mass is 9.78. The lowest BCUT2D eigenvalue weighted by molar-refractivity contribution is -0.127. The molecule has 4 fully saturated rings. The molecule has 2 unspecified atom stereocenters. The quantitative estimate of drug-likeness (QED) is 0.110. The van der Waals surface area contributed by atoms with Crippen LogP contribution in [0.5, 0.6) is 0 Å². The van der Waals surface area contributed by atoms with Gasteiger partial charge in [0.25, 0.3) is 20.0 Å². The van der Waals surface area contributed by atoms with Crippen molar-refractivity contribution in [2.24, 2.45) is 22.7 Å². The summed E-state index contributed by atoms with van der Waals surface area (Å²) in [7, 11) is -14.1. The van der Waals surface area contributed by atoms with Gasteiger partial charge in [0.05, 0.1) is 93.6 Å². The summed E-state index contributed by atoms with van der Waals surface area (Å²) in [4.78, 5) is 4.86. The summed E-state index contributed by atoms with van der Waals surface area (Å²) in [5.74, 6) is 0.217. The molecule has 2 atom stereocenters. The van der Waals surface area contributed by atoms with Crippen molar-refractivity contribution in [2.75, 3.05) is 96.6 Å². The van der Waals surface area contributed by atoms with Crippen molar-refractivity contribution in [3.05, 3.63) is 96.1 Å². The standard InChI is InChI=1S/C25H35N3O4S2.C24H33N3O4S2.C2H6/c1-5-20-6-8-21(9-7-20)28(15-19(2)3)34(30,31)22-10-11-23(24(14-22)33(4,26)29)27-13-12-25(16-27)17-32-18-25;1-5-19-6-8-20(9-7-19)27(13-18(2)3)33(29,30)21-10-11-22(23(12-21)32(4,25)28)26-14-24(15-26)16-31-17-24;1-2/h6-11,14,19,26H,5,12-13,15-18H2,1-4H3;6-12,18,25H,5,13-17H2,1-4H3;1-2H3. The van der Waals surface area contributed by atoms with E-state index < -0.39 is 39.5 Å². The number of rotatable bonds is 16. The Morgan fingerprint density at radius 3 is 1.23 bits per heavy atom. The van der Waals surface area contributed by atoms with Gasteiger partial charge < -0.3 is 19.3 Å². The third-order valence-electron chi connectivity index (χ3n) is 13.0. The fourth-order valence-corrected chi connectivity index (χ4v) is 14.5. The van der Waals surface area contributed by atoms with Crippen LogP contribution >= 0.6 is 0 Å². The second kappa shape index (κ2) is 21.3. The van der Waals surface area contributed by atoms with E-state index in [4.69, 9.17) is 19.0 Å². The van der Waals surface area contributed by atoms with Crippen LogP contribution in [0.3, 0.4) is 0 Å². The van der Waals surface area contributed by atoms with E-state index >= 15 is 0 Å². The van der Waals surface area contributed by atoms with Gasteiger partial charge in [-0.25, -0.2) is 34.8 Å². The summed E-state index contributed by atoms with van der Waals surface area (Å²) in [5, 5.41) is 0. The van der Waals surface area contributed by atoms with Crippen molar-refractivity contribution in [2.45, 2.75) is 94.2 Å². The Morgan fingerprint density at radius 1 is 0.565 bits per heavy atom. The third kappa shape index (κ3) is 11.9. The van der Waals surface area contributed by atoms with Crippen LogP contribution in [0.25, 0.3) is 0 Å².